The third-order valence-corrected chi connectivity index (χ3v) is 3.55. The average Bonchev–Trinajstić information content (AvgIpc) is 3.00. The van der Waals surface area contributed by atoms with Crippen LogP contribution in [0.25, 0.3) is 0 Å². The molecule has 1 heterocycles. The van der Waals surface area contributed by atoms with Crippen molar-refractivity contribution in [3.8, 4) is 5.75 Å². The second-order valence-corrected chi connectivity index (χ2v) is 4.97. The van der Waals surface area contributed by atoms with Crippen LogP contribution in [0, 0.1) is 0 Å². The minimum Gasteiger partial charge on any atom is -0.497 e. The molecule has 0 spiro atoms. The molecule has 0 radical (unpaired) electrons. The second-order valence-electron chi connectivity index (χ2n) is 4.97. The van der Waals surface area contributed by atoms with Crippen LogP contribution >= 0.6 is 0 Å². The monoisotopic (exact) mass is 276 g/mol. The normalized spacial score (nSPS) is 15.8. The molecule has 0 bridgehead atoms. The van der Waals surface area contributed by atoms with Gasteiger partial charge in [-0.3, -0.25) is 9.59 Å². The summed E-state index contributed by atoms with van der Waals surface area (Å²) in [4.78, 5) is 25.4. The Hall–Kier alpha value is -2.04. The highest BCUT2D eigenvalue weighted by atomic mass is 16.5. The molecular formula is C15H20N2O3. The van der Waals surface area contributed by atoms with Gasteiger partial charge in [-0.1, -0.05) is 12.1 Å². The fourth-order valence-electron chi connectivity index (χ4n) is 2.30. The van der Waals surface area contributed by atoms with E-state index in [9.17, 15) is 9.59 Å². The highest BCUT2D eigenvalue weighted by molar-refractivity contribution is 6.35. The predicted molar refractivity (Wildman–Crippen MR) is 75.4 cm³/mol. The first kappa shape index (κ1) is 14.4. The first-order chi connectivity index (χ1) is 9.61. The Kier molecular flexibility index (Phi) is 4.61. The number of carbonyl (C=O) groups excluding carboxylic acids is 2. The van der Waals surface area contributed by atoms with Crippen LogP contribution in [0.5, 0.6) is 5.75 Å². The molecule has 108 valence electrons. The zero-order chi connectivity index (χ0) is 14.5. The third kappa shape index (κ3) is 3.29. The summed E-state index contributed by atoms with van der Waals surface area (Å²) in [5.74, 6) is -0.196. The van der Waals surface area contributed by atoms with Crippen molar-refractivity contribution in [1.82, 2.24) is 10.2 Å². The lowest BCUT2D eigenvalue weighted by atomic mass is 10.1. The van der Waals surface area contributed by atoms with Crippen molar-refractivity contribution >= 4 is 11.8 Å². The molecule has 1 aromatic carbocycles. The molecule has 1 aromatic rings. The molecule has 1 aliphatic rings. The molecule has 5 heteroatoms. The number of benzene rings is 1. The summed E-state index contributed by atoms with van der Waals surface area (Å²) in [6.45, 7) is 3.23. The maximum absolute atomic E-state index is 11.9. The topological polar surface area (TPSA) is 58.6 Å². The van der Waals surface area contributed by atoms with Gasteiger partial charge in [0.15, 0.2) is 0 Å². The van der Waals surface area contributed by atoms with Crippen LogP contribution in [0.3, 0.4) is 0 Å². The largest absolute Gasteiger partial charge is 0.497 e. The van der Waals surface area contributed by atoms with E-state index < -0.39 is 11.8 Å². The number of nitrogens with one attached hydrogen (secondary N) is 1. The number of likely N-dealkylation sites (tertiary alicyclic amines) is 1. The van der Waals surface area contributed by atoms with Gasteiger partial charge in [0.2, 0.25) is 0 Å². The number of methoxy groups -OCH3 is 1. The van der Waals surface area contributed by atoms with Gasteiger partial charge in [-0.2, -0.15) is 0 Å². The molecule has 20 heavy (non-hydrogen) atoms. The van der Waals surface area contributed by atoms with Crippen LogP contribution in [0.15, 0.2) is 24.3 Å². The number of hydrogen-bond donors (Lipinski definition) is 1. The van der Waals surface area contributed by atoms with Gasteiger partial charge in [0.25, 0.3) is 0 Å². The van der Waals surface area contributed by atoms with E-state index in [1.54, 1.807) is 12.0 Å². The van der Waals surface area contributed by atoms with Crippen LogP contribution in [-0.2, 0) is 9.59 Å². The fourth-order valence-corrected chi connectivity index (χ4v) is 2.30. The summed E-state index contributed by atoms with van der Waals surface area (Å²) >= 11 is 0. The summed E-state index contributed by atoms with van der Waals surface area (Å²) in [5, 5.41) is 2.74. The Morgan fingerprint density at radius 1 is 1.20 bits per heavy atom. The summed E-state index contributed by atoms with van der Waals surface area (Å²) in [7, 11) is 1.61. The van der Waals surface area contributed by atoms with Gasteiger partial charge in [-0.05, 0) is 37.5 Å². The molecule has 1 atom stereocenters. The molecule has 1 saturated heterocycles. The molecule has 5 nitrogen and oxygen atoms in total. The number of nitrogens with zero attached hydrogens (tertiary/aromatic N) is 1. The summed E-state index contributed by atoms with van der Waals surface area (Å²) in [5.41, 5.74) is 0.938. The van der Waals surface area contributed by atoms with Crippen LogP contribution in [0.1, 0.15) is 31.4 Å². The quantitative estimate of drug-likeness (QED) is 0.851. The highest BCUT2D eigenvalue weighted by Gasteiger charge is 2.25. The van der Waals surface area contributed by atoms with Crippen molar-refractivity contribution in [2.75, 3.05) is 20.2 Å². The van der Waals surface area contributed by atoms with Crippen LogP contribution in [0.2, 0.25) is 0 Å². The second kappa shape index (κ2) is 6.41. The van der Waals surface area contributed by atoms with Crippen LogP contribution in [-0.4, -0.2) is 36.9 Å². The van der Waals surface area contributed by atoms with Crippen LogP contribution in [0.4, 0.5) is 0 Å². The Bertz CT molecular complexity index is 478. The van der Waals surface area contributed by atoms with Crippen molar-refractivity contribution in [3.63, 3.8) is 0 Å². The van der Waals surface area contributed by atoms with E-state index in [4.69, 9.17) is 4.74 Å². The average molecular weight is 276 g/mol. The van der Waals surface area contributed by atoms with Gasteiger partial charge in [0.05, 0.1) is 13.2 Å². The van der Waals surface area contributed by atoms with Crippen molar-refractivity contribution in [2.45, 2.75) is 25.8 Å². The lowest BCUT2D eigenvalue weighted by Crippen LogP contribution is -2.42. The Morgan fingerprint density at radius 2 is 1.80 bits per heavy atom. The zero-order valence-electron chi connectivity index (χ0n) is 11.9. The van der Waals surface area contributed by atoms with Crippen molar-refractivity contribution in [3.05, 3.63) is 29.8 Å². The van der Waals surface area contributed by atoms with E-state index in [-0.39, 0.29) is 6.04 Å². The molecule has 1 unspecified atom stereocenters. The van der Waals surface area contributed by atoms with Crippen LogP contribution < -0.4 is 10.1 Å². The number of amides is 2. The lowest BCUT2D eigenvalue weighted by molar-refractivity contribution is -0.145. The minimum atomic E-state index is -0.532. The molecule has 1 fully saturated rings. The molecular weight excluding hydrogens is 256 g/mol. The maximum Gasteiger partial charge on any atom is 0.311 e. The Labute approximate surface area is 118 Å². The van der Waals surface area contributed by atoms with Gasteiger partial charge in [-0.25, -0.2) is 0 Å². The van der Waals surface area contributed by atoms with E-state index >= 15 is 0 Å². The minimum absolute atomic E-state index is 0.208. The van der Waals surface area contributed by atoms with Gasteiger partial charge < -0.3 is 15.0 Å². The van der Waals surface area contributed by atoms with Crippen molar-refractivity contribution in [2.24, 2.45) is 0 Å². The van der Waals surface area contributed by atoms with Gasteiger partial charge >= 0.3 is 11.8 Å². The van der Waals surface area contributed by atoms with Gasteiger partial charge in [-0.15, -0.1) is 0 Å². The van der Waals surface area contributed by atoms with E-state index in [0.29, 0.717) is 13.1 Å². The molecule has 1 N–H and O–H groups in total. The van der Waals surface area contributed by atoms with Gasteiger partial charge in [0, 0.05) is 13.1 Å². The number of rotatable bonds is 3. The highest BCUT2D eigenvalue weighted by Crippen LogP contribution is 2.17. The first-order valence-electron chi connectivity index (χ1n) is 6.85. The Balaban J connectivity index is 1.93. The van der Waals surface area contributed by atoms with Crippen molar-refractivity contribution in [1.29, 1.82) is 0 Å². The number of carbonyl (C=O) groups is 2. The van der Waals surface area contributed by atoms with Crippen molar-refractivity contribution < 1.29 is 14.3 Å². The summed E-state index contributed by atoms with van der Waals surface area (Å²) in [6.07, 6.45) is 1.96. The molecule has 1 aliphatic heterocycles. The summed E-state index contributed by atoms with van der Waals surface area (Å²) in [6, 6.07) is 7.22. The zero-order valence-corrected chi connectivity index (χ0v) is 11.9. The molecule has 0 aliphatic carbocycles. The lowest BCUT2D eigenvalue weighted by Gasteiger charge is -2.18. The fraction of sp³-hybridized carbons (Fsp3) is 0.467. The molecule has 2 rings (SSSR count). The van der Waals surface area contributed by atoms with E-state index in [2.05, 4.69) is 5.32 Å². The maximum atomic E-state index is 11.9. The number of ether oxygens (including phenoxy) is 1. The first-order valence-corrected chi connectivity index (χ1v) is 6.85. The predicted octanol–water partition coefficient (Wildman–Crippen LogP) is 1.49. The smallest absolute Gasteiger partial charge is 0.311 e. The Morgan fingerprint density at radius 3 is 2.35 bits per heavy atom. The standard InChI is InChI=1S/C15H20N2O3/c1-11(12-5-7-13(20-2)8-6-12)16-14(18)15(19)17-9-3-4-10-17/h5-8,11H,3-4,9-10H2,1-2H3,(H,16,18). The van der Waals surface area contributed by atoms with E-state index in [0.717, 1.165) is 24.2 Å². The van der Waals surface area contributed by atoms with E-state index in [1.807, 2.05) is 31.2 Å². The molecule has 2 amide bonds. The molecule has 0 aromatic heterocycles. The SMILES string of the molecule is COc1ccc(C(C)NC(=O)C(=O)N2CCCC2)cc1. The number of hydrogen-bond acceptors (Lipinski definition) is 3. The third-order valence-electron chi connectivity index (χ3n) is 3.55. The molecule has 0 saturated carbocycles. The van der Waals surface area contributed by atoms with E-state index in [1.165, 1.54) is 0 Å². The summed E-state index contributed by atoms with van der Waals surface area (Å²) < 4.78 is 5.09. The van der Waals surface area contributed by atoms with Gasteiger partial charge in [0.1, 0.15) is 5.75 Å².